The number of hydrogen-bond acceptors (Lipinski definition) is 3. The van der Waals surface area contributed by atoms with E-state index >= 15 is 0 Å². The third-order valence-corrected chi connectivity index (χ3v) is 4.22. The first kappa shape index (κ1) is 10.7. The lowest BCUT2D eigenvalue weighted by atomic mass is 10.1. The van der Waals surface area contributed by atoms with Crippen molar-refractivity contribution in [2.24, 2.45) is 0 Å². The van der Waals surface area contributed by atoms with Gasteiger partial charge in [0.25, 0.3) is 0 Å². The van der Waals surface area contributed by atoms with Crippen LogP contribution in [0.3, 0.4) is 0 Å². The largest absolute Gasteiger partial charge is 0.275 e. The number of fused-ring (bicyclic) bond motifs is 3. The zero-order valence-electron chi connectivity index (χ0n) is 10.3. The van der Waals surface area contributed by atoms with Crippen molar-refractivity contribution in [2.45, 2.75) is 6.92 Å². The van der Waals surface area contributed by atoms with Gasteiger partial charge in [-0.1, -0.05) is 30.3 Å². The summed E-state index contributed by atoms with van der Waals surface area (Å²) in [7, 11) is 0. The number of aryl methyl sites for hydroxylation is 1. The minimum atomic E-state index is 0.943. The molecule has 92 valence electrons. The average molecular weight is 265 g/mol. The smallest absolute Gasteiger partial charge is 0.112 e. The molecule has 4 heteroatoms. The molecule has 19 heavy (non-hydrogen) atoms. The molecule has 0 spiro atoms. The summed E-state index contributed by atoms with van der Waals surface area (Å²) in [4.78, 5) is 6.02. The SMILES string of the molecule is Cc1n[nH]c2c1nc(-c1cccs1)c1ccccc12. The first-order valence-electron chi connectivity index (χ1n) is 6.12. The van der Waals surface area contributed by atoms with E-state index in [0.29, 0.717) is 0 Å². The summed E-state index contributed by atoms with van der Waals surface area (Å²) < 4.78 is 0. The van der Waals surface area contributed by atoms with Crippen LogP contribution in [0.2, 0.25) is 0 Å². The van der Waals surface area contributed by atoms with Crippen molar-refractivity contribution in [3.8, 4) is 10.6 Å². The van der Waals surface area contributed by atoms with Crippen molar-refractivity contribution in [2.75, 3.05) is 0 Å². The van der Waals surface area contributed by atoms with Gasteiger partial charge in [0.2, 0.25) is 0 Å². The second-order valence-electron chi connectivity index (χ2n) is 4.52. The zero-order valence-corrected chi connectivity index (χ0v) is 11.2. The molecule has 4 rings (SSSR count). The standard InChI is InChI=1S/C15H11N3S/c1-9-13-15(18-17-9)11-6-3-2-5-10(11)14(16-13)12-7-4-8-19-12/h2-8H,1H3,(H,17,18). The molecule has 0 fully saturated rings. The Hall–Kier alpha value is -2.20. The molecule has 3 nitrogen and oxygen atoms in total. The van der Waals surface area contributed by atoms with Gasteiger partial charge in [0.05, 0.1) is 21.8 Å². The summed E-state index contributed by atoms with van der Waals surface area (Å²) in [6.45, 7) is 1.98. The lowest BCUT2D eigenvalue weighted by Gasteiger charge is -2.05. The van der Waals surface area contributed by atoms with Crippen LogP contribution in [0.1, 0.15) is 5.69 Å². The summed E-state index contributed by atoms with van der Waals surface area (Å²) in [5, 5.41) is 11.8. The highest BCUT2D eigenvalue weighted by Gasteiger charge is 2.13. The van der Waals surface area contributed by atoms with Gasteiger partial charge in [0.15, 0.2) is 0 Å². The van der Waals surface area contributed by atoms with Crippen LogP contribution in [0, 0.1) is 6.92 Å². The molecular formula is C15H11N3S. The third-order valence-electron chi connectivity index (χ3n) is 3.34. The number of nitrogens with one attached hydrogen (secondary N) is 1. The Balaban J connectivity index is 2.24. The first-order chi connectivity index (χ1) is 9.34. The number of thiophene rings is 1. The Morgan fingerprint density at radius 2 is 1.89 bits per heavy atom. The summed E-state index contributed by atoms with van der Waals surface area (Å²) in [6.07, 6.45) is 0. The van der Waals surface area contributed by atoms with Gasteiger partial charge >= 0.3 is 0 Å². The summed E-state index contributed by atoms with van der Waals surface area (Å²) in [6, 6.07) is 12.5. The zero-order chi connectivity index (χ0) is 12.8. The molecule has 0 bridgehead atoms. The molecule has 0 aliphatic carbocycles. The van der Waals surface area contributed by atoms with Crippen LogP contribution in [-0.2, 0) is 0 Å². The van der Waals surface area contributed by atoms with Crippen molar-refractivity contribution in [3.63, 3.8) is 0 Å². The van der Waals surface area contributed by atoms with Crippen molar-refractivity contribution in [3.05, 3.63) is 47.5 Å². The van der Waals surface area contributed by atoms with Crippen molar-refractivity contribution >= 4 is 33.1 Å². The van der Waals surface area contributed by atoms with E-state index in [1.807, 2.05) is 6.92 Å². The predicted octanol–water partition coefficient (Wildman–Crippen LogP) is 4.15. The molecule has 0 radical (unpaired) electrons. The fraction of sp³-hybridized carbons (Fsp3) is 0.0667. The van der Waals surface area contributed by atoms with E-state index in [-0.39, 0.29) is 0 Å². The van der Waals surface area contributed by atoms with Gasteiger partial charge in [0.1, 0.15) is 5.52 Å². The molecular weight excluding hydrogens is 254 g/mol. The van der Waals surface area contributed by atoms with Gasteiger partial charge in [-0.05, 0) is 18.4 Å². The Labute approximate surface area is 113 Å². The van der Waals surface area contributed by atoms with Gasteiger partial charge in [0, 0.05) is 10.8 Å². The summed E-state index contributed by atoms with van der Waals surface area (Å²) in [5.41, 5.74) is 3.97. The molecule has 0 unspecified atom stereocenters. The molecule has 4 aromatic rings. The Morgan fingerprint density at radius 3 is 2.68 bits per heavy atom. The minimum absolute atomic E-state index is 0.943. The molecule has 1 N–H and O–H groups in total. The maximum absolute atomic E-state index is 4.82. The molecule has 1 aromatic carbocycles. The van der Waals surface area contributed by atoms with Gasteiger partial charge in [-0.2, -0.15) is 5.10 Å². The van der Waals surface area contributed by atoms with Crippen molar-refractivity contribution in [1.82, 2.24) is 15.2 Å². The monoisotopic (exact) mass is 265 g/mol. The van der Waals surface area contributed by atoms with Crippen LogP contribution in [-0.4, -0.2) is 15.2 Å². The van der Waals surface area contributed by atoms with Crippen LogP contribution in [0.15, 0.2) is 41.8 Å². The third kappa shape index (κ3) is 1.50. The molecule has 3 aromatic heterocycles. The Bertz CT molecular complexity index is 875. The highest BCUT2D eigenvalue weighted by Crippen LogP contribution is 2.34. The van der Waals surface area contributed by atoms with Gasteiger partial charge in [-0.3, -0.25) is 5.10 Å². The van der Waals surface area contributed by atoms with Crippen LogP contribution < -0.4 is 0 Å². The lowest BCUT2D eigenvalue weighted by molar-refractivity contribution is 1.07. The van der Waals surface area contributed by atoms with Crippen LogP contribution in [0.25, 0.3) is 32.4 Å². The minimum Gasteiger partial charge on any atom is -0.275 e. The molecule has 0 amide bonds. The average Bonchev–Trinajstić information content (AvgIpc) is 3.08. The summed E-state index contributed by atoms with van der Waals surface area (Å²) >= 11 is 1.71. The normalized spacial score (nSPS) is 11.4. The number of H-pyrrole nitrogens is 1. The Morgan fingerprint density at radius 1 is 1.05 bits per heavy atom. The topological polar surface area (TPSA) is 41.6 Å². The molecule has 3 heterocycles. The number of nitrogens with zero attached hydrogens (tertiary/aromatic N) is 2. The quantitative estimate of drug-likeness (QED) is 0.561. The number of benzene rings is 1. The number of hydrogen-bond donors (Lipinski definition) is 1. The molecule has 0 saturated carbocycles. The second-order valence-corrected chi connectivity index (χ2v) is 5.46. The van der Waals surface area contributed by atoms with E-state index in [4.69, 9.17) is 4.98 Å². The second kappa shape index (κ2) is 3.90. The highest BCUT2D eigenvalue weighted by atomic mass is 32.1. The molecule has 0 aliphatic heterocycles. The van der Waals surface area contributed by atoms with Gasteiger partial charge < -0.3 is 0 Å². The van der Waals surface area contributed by atoms with Crippen molar-refractivity contribution < 1.29 is 0 Å². The first-order valence-corrected chi connectivity index (χ1v) is 7.00. The maximum atomic E-state index is 4.82. The fourth-order valence-electron chi connectivity index (χ4n) is 2.43. The van der Waals surface area contributed by atoms with Crippen LogP contribution in [0.5, 0.6) is 0 Å². The maximum Gasteiger partial charge on any atom is 0.112 e. The lowest BCUT2D eigenvalue weighted by Crippen LogP contribution is -1.87. The van der Waals surface area contributed by atoms with Crippen molar-refractivity contribution in [1.29, 1.82) is 0 Å². The van der Waals surface area contributed by atoms with Gasteiger partial charge in [-0.25, -0.2) is 4.98 Å². The predicted molar refractivity (Wildman–Crippen MR) is 79.4 cm³/mol. The van der Waals surface area contributed by atoms with E-state index in [2.05, 4.69) is 52.0 Å². The van der Waals surface area contributed by atoms with Crippen LogP contribution >= 0.6 is 11.3 Å². The number of rotatable bonds is 1. The fourth-order valence-corrected chi connectivity index (χ4v) is 3.16. The summed E-state index contributed by atoms with van der Waals surface area (Å²) in [5.74, 6) is 0. The highest BCUT2D eigenvalue weighted by molar-refractivity contribution is 7.13. The van der Waals surface area contributed by atoms with E-state index in [1.54, 1.807) is 11.3 Å². The Kier molecular flexibility index (Phi) is 2.19. The van der Waals surface area contributed by atoms with Gasteiger partial charge in [-0.15, -0.1) is 11.3 Å². The number of aromatic nitrogens is 3. The molecule has 0 saturated heterocycles. The van der Waals surface area contributed by atoms with E-state index in [9.17, 15) is 0 Å². The number of pyridine rings is 1. The molecule has 0 aliphatic rings. The van der Waals surface area contributed by atoms with E-state index in [1.165, 1.54) is 15.6 Å². The molecule has 0 atom stereocenters. The van der Waals surface area contributed by atoms with E-state index in [0.717, 1.165) is 22.4 Å². The number of aromatic amines is 1. The van der Waals surface area contributed by atoms with Crippen LogP contribution in [0.4, 0.5) is 0 Å². The van der Waals surface area contributed by atoms with E-state index < -0.39 is 0 Å².